The van der Waals surface area contributed by atoms with E-state index in [4.69, 9.17) is 88.4 Å². The number of hydrogen-bond acceptors (Lipinski definition) is 30. The smallest absolute Gasteiger partial charge is 0.383 e. The van der Waals surface area contributed by atoms with E-state index in [1.165, 1.54) is 19.2 Å². The lowest BCUT2D eigenvalue weighted by atomic mass is 10.1. The molecule has 47 heteroatoms. The zero-order valence-corrected chi connectivity index (χ0v) is 55.2. The normalized spacial score (nSPS) is 35.5. The molecular formula is C43H77N4O36P7. The Morgan fingerprint density at radius 2 is 0.878 bits per heavy atom. The summed E-state index contributed by atoms with van der Waals surface area (Å²) in [5.74, 6) is -0.423. The number of nitrogens with two attached hydrogens (primary N) is 1. The minimum Gasteiger partial charge on any atom is -0.383 e. The SMILES string of the molecule is CC(=O)NCCCOP(=O)(O)OC1CC(C)OC1COP(=O)(O)OC1CC(C)OC1COP(=O)(O)OC1CC(C)OC1COP(=O)(O)OC1CC(C)OC1COP(=O)(O)OC1CCOC1COP(=O)(O)OC1CC(n2ccc(N)nc2=O)OC1COP(=O)(O)O. The van der Waals surface area contributed by atoms with Crippen LogP contribution in [0.25, 0.3) is 0 Å². The maximum absolute atomic E-state index is 13.4. The van der Waals surface area contributed by atoms with Crippen LogP contribution in [-0.4, -0.2) is 212 Å². The van der Waals surface area contributed by atoms with Crippen molar-refractivity contribution >= 4 is 66.5 Å². The number of hydrogen-bond donors (Lipinski definition) is 10. The molecule has 23 atom stereocenters. The summed E-state index contributed by atoms with van der Waals surface area (Å²) in [6.07, 6.45) is -18.2. The van der Waals surface area contributed by atoms with E-state index in [0.29, 0.717) is 0 Å². The number of carbonyl (C=O) groups is 1. The third-order valence-corrected chi connectivity index (χ3v) is 20.6. The van der Waals surface area contributed by atoms with Crippen molar-refractivity contribution in [3.8, 4) is 0 Å². The highest BCUT2D eigenvalue weighted by molar-refractivity contribution is 7.49. The van der Waals surface area contributed by atoms with Crippen LogP contribution in [0, 0.1) is 0 Å². The molecular weight excluding hydrogens is 1370 g/mol. The molecule has 6 fully saturated rings. The van der Waals surface area contributed by atoms with Gasteiger partial charge in [0.15, 0.2) is 0 Å². The summed E-state index contributed by atoms with van der Waals surface area (Å²) in [7, 11) is -35.1. The molecule has 0 radical (unpaired) electrons. The van der Waals surface area contributed by atoms with Gasteiger partial charge < -0.3 is 78.6 Å². The Morgan fingerprint density at radius 1 is 0.533 bits per heavy atom. The Labute approximate surface area is 514 Å². The van der Waals surface area contributed by atoms with E-state index in [1.807, 2.05) is 0 Å². The number of nitrogen functional groups attached to an aromatic ring is 1. The number of aromatic nitrogens is 2. The van der Waals surface area contributed by atoms with Crippen molar-refractivity contribution in [3.63, 3.8) is 0 Å². The molecule has 0 aromatic carbocycles. The van der Waals surface area contributed by atoms with Crippen LogP contribution in [0.15, 0.2) is 17.1 Å². The fraction of sp³-hybridized carbons (Fsp3) is 0.884. The minimum atomic E-state index is -5.14. The summed E-state index contributed by atoms with van der Waals surface area (Å²) < 4.78 is 193. The highest BCUT2D eigenvalue weighted by Crippen LogP contribution is 2.55. The first-order valence-corrected chi connectivity index (χ1v) is 38.4. The van der Waals surface area contributed by atoms with E-state index in [0.717, 1.165) is 4.57 Å². The summed E-state index contributed by atoms with van der Waals surface area (Å²) in [5.41, 5.74) is 4.66. The van der Waals surface area contributed by atoms with Crippen LogP contribution in [0.5, 0.6) is 0 Å². The van der Waals surface area contributed by atoms with Gasteiger partial charge in [0.1, 0.15) is 85.3 Å². The molecule has 90 heavy (non-hydrogen) atoms. The average molecular weight is 1440 g/mol. The second-order valence-corrected chi connectivity index (χ2v) is 31.3. The van der Waals surface area contributed by atoms with Crippen LogP contribution < -0.4 is 16.7 Å². The van der Waals surface area contributed by atoms with Gasteiger partial charge in [-0.3, -0.25) is 68.2 Å². The zero-order chi connectivity index (χ0) is 66.2. The average Bonchev–Trinajstić information content (AvgIpc) is 1.73. The molecule has 0 aliphatic carbocycles. The number of nitrogens with one attached hydrogen (secondary N) is 1. The molecule has 520 valence electrons. The maximum atomic E-state index is 13.4. The number of phosphoric acid groups is 7. The lowest BCUT2D eigenvalue weighted by molar-refractivity contribution is -0.119. The van der Waals surface area contributed by atoms with Gasteiger partial charge in [0.05, 0.1) is 70.7 Å². The second kappa shape index (κ2) is 32.4. The molecule has 6 aliphatic heterocycles. The number of rotatable bonds is 36. The maximum Gasteiger partial charge on any atom is 0.472 e. The summed E-state index contributed by atoms with van der Waals surface area (Å²) in [5, 5.41) is 2.51. The molecule has 40 nitrogen and oxygen atoms in total. The Hall–Kier alpha value is -1.32. The first kappa shape index (κ1) is 76.1. The van der Waals surface area contributed by atoms with Gasteiger partial charge in [-0.15, -0.1) is 0 Å². The summed E-state index contributed by atoms with van der Waals surface area (Å²) in [6, 6.07) is 1.25. The number of phosphoric ester groups is 7. The van der Waals surface area contributed by atoms with Crippen molar-refractivity contribution in [1.29, 1.82) is 0 Å². The van der Waals surface area contributed by atoms with Gasteiger partial charge in [-0.1, -0.05) is 0 Å². The monoisotopic (exact) mass is 1440 g/mol. The first-order valence-electron chi connectivity index (χ1n) is 27.9. The van der Waals surface area contributed by atoms with E-state index in [2.05, 4.69) is 14.8 Å². The quantitative estimate of drug-likeness (QED) is 0.0340. The molecule has 7 heterocycles. The number of ether oxygens (including phenoxy) is 6. The largest absolute Gasteiger partial charge is 0.472 e. The lowest BCUT2D eigenvalue weighted by Crippen LogP contribution is -2.32. The third-order valence-electron chi connectivity index (χ3n) is 14.0. The molecule has 1 amide bonds. The number of amides is 1. The lowest BCUT2D eigenvalue weighted by Gasteiger charge is -2.26. The predicted octanol–water partition coefficient (Wildman–Crippen LogP) is 2.26. The van der Waals surface area contributed by atoms with Crippen molar-refractivity contribution in [1.82, 2.24) is 14.9 Å². The molecule has 11 N–H and O–H groups in total. The Bertz CT molecular complexity index is 2970. The van der Waals surface area contributed by atoms with Gasteiger partial charge in [-0.2, -0.15) is 4.98 Å². The van der Waals surface area contributed by atoms with E-state index in [1.54, 1.807) is 27.7 Å². The molecule has 6 saturated heterocycles. The predicted molar refractivity (Wildman–Crippen MR) is 297 cm³/mol. The van der Waals surface area contributed by atoms with Crippen molar-refractivity contribution in [3.05, 3.63) is 22.7 Å². The zero-order valence-electron chi connectivity index (χ0n) is 48.9. The van der Waals surface area contributed by atoms with E-state index >= 15 is 0 Å². The highest BCUT2D eigenvalue weighted by atomic mass is 31.2. The standard InChI is InChI=1S/C43H77N4O36P7/c1-24-13-30(79-85(53,54)66-11-6-9-45-28(5)48)36(73-24)21-70-88(59,60)81-32-15-26(3)75-38(32)23-72-90(63,64)82-33-16-27(4)76-39(33)22-71-89(61,62)80-31-14-25(2)74-37(31)20-69-86(55,56)78-29-8-12-65-35(29)18-68-87(57,58)83-34-17-42(47-10-7-41(44)46-43(47)49)77-40(34)19-67-84(50,51)52/h7,10,24-27,29-40,42H,6,8-9,11-23H2,1-5H3,(H,45,48)(H,53,54)(H,55,56)(H,57,58)(H,59,60)(H,61,62)(H,63,64)(H2,44,46,49)(H2,50,51,52). The highest BCUT2D eigenvalue weighted by Gasteiger charge is 2.49. The van der Waals surface area contributed by atoms with Crippen LogP contribution >= 0.6 is 54.8 Å². The molecule has 0 spiro atoms. The Kier molecular flexibility index (Phi) is 27.3. The van der Waals surface area contributed by atoms with Gasteiger partial charge in [-0.05, 0) is 40.2 Å². The molecule has 23 unspecified atom stereocenters. The van der Waals surface area contributed by atoms with E-state index < -0.39 is 204 Å². The van der Waals surface area contributed by atoms with Crippen LogP contribution in [0.4, 0.5) is 5.82 Å². The summed E-state index contributed by atoms with van der Waals surface area (Å²) in [6.45, 7) is 2.94. The van der Waals surface area contributed by atoms with Gasteiger partial charge in [0, 0.05) is 64.8 Å². The fourth-order valence-corrected chi connectivity index (χ4v) is 16.3. The fourth-order valence-electron chi connectivity index (χ4n) is 10.1. The molecule has 1 aromatic rings. The molecule has 0 saturated carbocycles. The summed E-state index contributed by atoms with van der Waals surface area (Å²) in [4.78, 5) is 110. The number of anilines is 1. The van der Waals surface area contributed by atoms with Crippen LogP contribution in [0.1, 0.15) is 85.8 Å². The molecule has 0 bridgehead atoms. The third kappa shape index (κ3) is 24.6. The number of nitrogens with zero attached hydrogens (tertiary/aromatic N) is 2. The van der Waals surface area contributed by atoms with Crippen LogP contribution in [-0.2, 0) is 124 Å². The Balaban J connectivity index is 0.840. The van der Waals surface area contributed by atoms with E-state index in [9.17, 15) is 80.7 Å². The molecule has 7 rings (SSSR count). The Morgan fingerprint density at radius 3 is 1.26 bits per heavy atom. The van der Waals surface area contributed by atoms with E-state index in [-0.39, 0.29) is 76.4 Å². The van der Waals surface area contributed by atoms with Gasteiger partial charge in [0.25, 0.3) is 0 Å². The van der Waals surface area contributed by atoms with Gasteiger partial charge >= 0.3 is 60.4 Å². The molecule has 6 aliphatic rings. The molecule has 1 aromatic heterocycles. The topological polar surface area (TPSA) is 547 Å². The van der Waals surface area contributed by atoms with Crippen LogP contribution in [0.2, 0.25) is 0 Å². The van der Waals surface area contributed by atoms with Gasteiger partial charge in [-0.25, -0.2) is 36.7 Å². The summed E-state index contributed by atoms with van der Waals surface area (Å²) >= 11 is 0. The van der Waals surface area contributed by atoms with Gasteiger partial charge in [0.2, 0.25) is 5.91 Å². The van der Waals surface area contributed by atoms with Crippen molar-refractivity contribution in [2.75, 3.05) is 65.1 Å². The van der Waals surface area contributed by atoms with Crippen molar-refractivity contribution in [2.45, 2.75) is 183 Å². The van der Waals surface area contributed by atoms with Crippen molar-refractivity contribution in [2.24, 2.45) is 0 Å². The first-order chi connectivity index (χ1) is 41.8. The minimum absolute atomic E-state index is 0.0124. The number of carbonyl (C=O) groups excluding carboxylic acids is 1. The van der Waals surface area contributed by atoms with Crippen LogP contribution in [0.3, 0.4) is 0 Å². The van der Waals surface area contributed by atoms with Crippen molar-refractivity contribution < 1.29 is 163 Å². The second-order valence-electron chi connectivity index (χ2n) is 21.6.